The molecule has 30 N–H and O–H groups in total. The number of carbonyl (C=O) groups excluding carboxylic acids is 15. The number of phenolic OH excluding ortho intramolecular Hbond substituents is 2. The van der Waals surface area contributed by atoms with E-state index < -0.39 is 254 Å². The fraction of sp³-hybridized carbons (Fsp3) is 0.487. The lowest BCUT2D eigenvalue weighted by atomic mass is 10.0. The number of fused-ring (bicyclic) bond motifs is 2. The van der Waals surface area contributed by atoms with Crippen LogP contribution in [0.25, 0.3) is 10.9 Å². The quantitative estimate of drug-likeness (QED) is 0.00712. The number of nitrogens with two attached hydrogens (primary N) is 4. The van der Waals surface area contributed by atoms with Crippen LogP contribution in [-0.2, 0) is 96.0 Å². The number of carboxylic acids is 2. The number of primary amides is 2. The molecular weight excluding hydrogens is 1690 g/mol. The van der Waals surface area contributed by atoms with E-state index >= 15 is 19.2 Å². The van der Waals surface area contributed by atoms with E-state index in [0.29, 0.717) is 27.6 Å². The average molecular weight is 1800 g/mol. The van der Waals surface area contributed by atoms with Gasteiger partial charge in [0.15, 0.2) is 5.96 Å². The van der Waals surface area contributed by atoms with Crippen LogP contribution in [0.2, 0.25) is 0 Å². The van der Waals surface area contributed by atoms with E-state index in [2.05, 4.69) is 110 Å². The Balaban J connectivity index is 1.52. The molecule has 1 unspecified atom stereocenters. The number of urea groups is 1. The van der Waals surface area contributed by atoms with Gasteiger partial charge in [-0.2, -0.15) is 30.4 Å². The lowest BCUT2D eigenvalue weighted by Crippen LogP contribution is -2.62. The van der Waals surface area contributed by atoms with Crippen LogP contribution in [0.15, 0.2) is 96.0 Å². The highest BCUT2D eigenvalue weighted by Crippen LogP contribution is 2.24. The van der Waals surface area contributed by atoms with Gasteiger partial charge in [0.2, 0.25) is 82.7 Å². The second-order valence-corrected chi connectivity index (χ2v) is 30.6. The topological polar surface area (TPSA) is 746 Å². The Morgan fingerprint density at radius 2 is 1.22 bits per heavy atom. The number of phenols is 2. The molecule has 16 amide bonds. The molecule has 46 nitrogen and oxygen atoms in total. The number of hydrogen-bond acceptors (Lipinski definition) is 27. The normalized spacial score (nSPS) is 21.7. The summed E-state index contributed by atoms with van der Waals surface area (Å²) >= 11 is 8.50. The number of guanidine groups is 1. The number of carbonyl (C=O) groups is 17. The molecule has 48 heteroatoms. The first-order valence-corrected chi connectivity index (χ1v) is 41.4. The fourth-order valence-corrected chi connectivity index (χ4v) is 14.1. The number of aliphatic carboxylic acids is 2. The molecule has 686 valence electrons. The Morgan fingerprint density at radius 3 is 1.79 bits per heavy atom. The highest BCUT2D eigenvalue weighted by molar-refractivity contribution is 7.80. The number of benzene rings is 3. The van der Waals surface area contributed by atoms with Crippen molar-refractivity contribution < 1.29 is 107 Å². The molecule has 1 fully saturated rings. The summed E-state index contributed by atoms with van der Waals surface area (Å²) < 4.78 is 0. The fourth-order valence-electron chi connectivity index (χ4n) is 13.6. The molecule has 2 aliphatic rings. The molecule has 1 aromatic heterocycles. The van der Waals surface area contributed by atoms with E-state index in [1.807, 2.05) is 0 Å². The molecule has 14 atom stereocenters. The van der Waals surface area contributed by atoms with Gasteiger partial charge in [0.1, 0.15) is 90.0 Å². The van der Waals surface area contributed by atoms with Crippen LogP contribution < -0.4 is 97.4 Å². The zero-order valence-corrected chi connectivity index (χ0v) is 70.7. The van der Waals surface area contributed by atoms with Gasteiger partial charge in [-0.1, -0.05) is 42.5 Å². The number of aromatic amines is 1. The Hall–Kier alpha value is -13.4. The maximum absolute atomic E-state index is 15.4. The molecule has 3 aromatic carbocycles. The number of aromatic nitrogens is 1. The molecule has 6 rings (SSSR count). The maximum atomic E-state index is 15.4. The van der Waals surface area contributed by atoms with Gasteiger partial charge in [-0.25, -0.2) is 15.1 Å². The van der Waals surface area contributed by atoms with Crippen molar-refractivity contribution in [3.63, 3.8) is 0 Å². The van der Waals surface area contributed by atoms with Gasteiger partial charge < -0.3 is 138 Å². The molecule has 0 radical (unpaired) electrons. The van der Waals surface area contributed by atoms with Crippen LogP contribution in [0, 0.1) is 10.9 Å². The first-order chi connectivity index (χ1) is 59.8. The van der Waals surface area contributed by atoms with Crippen molar-refractivity contribution in [1.29, 1.82) is 10.9 Å². The number of aliphatic hydroxyl groups excluding tert-OH is 1. The number of H-pyrrole nitrogens is 1. The first-order valence-electron chi connectivity index (χ1n) is 40.1. The van der Waals surface area contributed by atoms with Gasteiger partial charge in [-0.15, -0.1) is 0 Å². The Labute approximate surface area is 732 Å². The first kappa shape index (κ1) is 101. The predicted molar refractivity (Wildman–Crippen MR) is 456 cm³/mol. The summed E-state index contributed by atoms with van der Waals surface area (Å²) in [5, 5.41) is 98.9. The summed E-state index contributed by atoms with van der Waals surface area (Å²) in [6.45, 7) is -0.408. The number of amides is 16. The van der Waals surface area contributed by atoms with E-state index in [4.69, 9.17) is 33.9 Å². The number of aliphatic hydroxyl groups is 1. The van der Waals surface area contributed by atoms with Gasteiger partial charge in [-0.05, 0) is 112 Å². The Kier molecular flexibility index (Phi) is 40.6. The van der Waals surface area contributed by atoms with Crippen molar-refractivity contribution in [2.75, 3.05) is 51.3 Å². The van der Waals surface area contributed by atoms with E-state index in [0.717, 1.165) is 30.0 Å². The molecule has 2 aliphatic heterocycles. The molecule has 126 heavy (non-hydrogen) atoms. The largest absolute Gasteiger partial charge is 0.508 e. The van der Waals surface area contributed by atoms with Crippen molar-refractivity contribution >= 4 is 143 Å². The number of para-hydroxylation sites is 1. The number of hydrogen-bond donors (Lipinski definition) is 28. The van der Waals surface area contributed by atoms with E-state index in [1.54, 1.807) is 24.3 Å². The van der Waals surface area contributed by atoms with Crippen molar-refractivity contribution in [1.82, 2.24) is 89.2 Å². The number of thiol groups is 2. The highest BCUT2D eigenvalue weighted by atomic mass is 32.1. The van der Waals surface area contributed by atoms with Crippen LogP contribution in [0.1, 0.15) is 101 Å². The number of rotatable bonds is 32. The lowest BCUT2D eigenvalue weighted by molar-refractivity contribution is -0.150. The molecule has 0 bridgehead atoms. The molecule has 0 aliphatic carbocycles. The zero-order chi connectivity index (χ0) is 93.0. The Morgan fingerprint density at radius 1 is 0.659 bits per heavy atom. The Bertz CT molecular complexity index is 4600. The summed E-state index contributed by atoms with van der Waals surface area (Å²) in [5.41, 5.74) is 31.5. The monoisotopic (exact) mass is 1800 g/mol. The zero-order valence-electron chi connectivity index (χ0n) is 68.9. The lowest BCUT2D eigenvalue weighted by Gasteiger charge is -2.31. The number of carboxylic acid groups (broad SMARTS) is 2. The maximum Gasteiger partial charge on any atom is 0.326 e. The summed E-state index contributed by atoms with van der Waals surface area (Å²) in [4.78, 5) is 246. The van der Waals surface area contributed by atoms with Crippen molar-refractivity contribution in [3.05, 3.63) is 108 Å². The predicted octanol–water partition coefficient (Wildman–Crippen LogP) is -5.86. The standard InChI is InChI=1S/C78H110N24O22S2/c1-39(103)63-73(119)97-55(33-62(108)109)75(121)102-28-8-14-58(102)72(118)93-50(12-6-26-86-77(81)82)66(112)98-57(38-126)71(117)91-49(13-7-27-87-78(83)124)64(110)94-52(31-42-35-88-47-10-4-3-9-46(42)47)68(114)92-51(23-24-60(80)106)67(113)90-48(11-5-25-85-36-43(100-84)32-53(69(115)99-63)95-70(116)56(37-125)89-61(107)34-79)65(111)96-54(29-40-15-19-44(104)20-16-40)74(120)101(2)59(76(122)123)30-41-17-21-45(105)22-18-41/h3-4,9-10,15-22,35-36,39,48-59,63,84-85,88,103-105,125-126H,5-8,11-14,23-34,37-38,79H2,1-2H3,(H2,80,106)(H,89,107)(H,90,113)(H,91,117)(H,92,114)(H,93,118)(H,94,110)(H,95,116)(H,96,111)(H,97,119)(H,98,112)(H,99,115)(H,108,109)(H,122,123)(H4,81,82,86)(H3,83,87,124)/t39-,48-,49-,50-,51-,52?,53+,54+,55-,56+,57+,58+,59-,63+/m0/s1. The SMILES string of the molecule is C[C@H](O)[C@H]1NC(=O)[C@H](NC(=O)[C@@H](CS)NC(=O)CN)CC(N=N)=CNCCC[C@@H](C(=O)N[C@H](Cc2ccc(O)cc2)C(=O)N(C)[C@@H](Cc2ccc(O)cc2)C(=O)O)NC(=O)[C@H](CCC(N)=O)NC(=O)C(Cc2c[nH]c3ccccc23)NC(=O)[C@H](CCCNC(N)=O)NC(=O)[C@@H](CS)NC(=O)[C@H](CCCNC(=N)N)NC(=O)[C@H]2CCCN2C(=O)[C@H](CC(=O)O)NC1=O. The van der Waals surface area contributed by atoms with Crippen LogP contribution >= 0.6 is 25.3 Å². The smallest absolute Gasteiger partial charge is 0.326 e. The highest BCUT2D eigenvalue weighted by Gasteiger charge is 2.43. The van der Waals surface area contributed by atoms with Crippen molar-refractivity contribution in [2.45, 2.75) is 188 Å². The minimum Gasteiger partial charge on any atom is -0.508 e. The minimum atomic E-state index is -2.14. The van der Waals surface area contributed by atoms with Crippen molar-refractivity contribution in [2.24, 2.45) is 28.0 Å². The van der Waals surface area contributed by atoms with E-state index in [-0.39, 0.29) is 94.7 Å². The van der Waals surface area contributed by atoms with Gasteiger partial charge in [0.05, 0.1) is 24.8 Å². The molecule has 0 spiro atoms. The summed E-state index contributed by atoms with van der Waals surface area (Å²) in [6, 6.07) is -6.48. The van der Waals surface area contributed by atoms with E-state index in [9.17, 15) is 87.9 Å². The molecular formula is C78H110N24O22S2. The van der Waals surface area contributed by atoms with Gasteiger partial charge in [0.25, 0.3) is 0 Å². The summed E-state index contributed by atoms with van der Waals surface area (Å²) in [6.07, 6.45) is -5.25. The van der Waals surface area contributed by atoms with Gasteiger partial charge in [0, 0.05) is 100 Å². The van der Waals surface area contributed by atoms with Crippen LogP contribution in [0.4, 0.5) is 4.79 Å². The number of nitrogens with zero attached hydrogens (tertiary/aromatic N) is 3. The molecule has 1 saturated heterocycles. The molecule has 4 aromatic rings. The molecule has 3 heterocycles. The molecule has 0 saturated carbocycles. The number of aromatic hydroxyl groups is 2. The van der Waals surface area contributed by atoms with E-state index in [1.165, 1.54) is 54.7 Å². The summed E-state index contributed by atoms with van der Waals surface area (Å²) in [7, 11) is 1.15. The third-order valence-corrected chi connectivity index (χ3v) is 21.1. The van der Waals surface area contributed by atoms with Crippen molar-refractivity contribution in [3.8, 4) is 11.5 Å². The summed E-state index contributed by atoms with van der Waals surface area (Å²) in [5.74, 6) is -20.6. The third kappa shape index (κ3) is 32.1. The number of likely N-dealkylation sites (N-methyl/N-ethyl adjacent to an activating group) is 1. The minimum absolute atomic E-state index is 0.0265. The van der Waals surface area contributed by atoms with Crippen LogP contribution in [0.5, 0.6) is 11.5 Å². The van der Waals surface area contributed by atoms with Crippen LogP contribution in [0.3, 0.4) is 0 Å². The average Bonchev–Trinajstić information content (AvgIpc) is 1.68. The number of nitrogens with one attached hydrogen (secondary N) is 17. The third-order valence-electron chi connectivity index (χ3n) is 20.4. The van der Waals surface area contributed by atoms with Gasteiger partial charge in [-0.3, -0.25) is 77.3 Å². The second-order valence-electron chi connectivity index (χ2n) is 29.8. The van der Waals surface area contributed by atoms with Crippen LogP contribution in [-0.4, -0.2) is 283 Å². The van der Waals surface area contributed by atoms with Gasteiger partial charge >= 0.3 is 18.0 Å². The second kappa shape index (κ2) is 50.4.